The lowest BCUT2D eigenvalue weighted by Crippen LogP contribution is -2.17. The van der Waals surface area contributed by atoms with Crippen LogP contribution in [0.15, 0.2) is 5.16 Å². The number of H-pyrrole nitrogens is 1. The number of nitrogens with one attached hydrogen (secondary N) is 1. The number of Topliss-reactive ketones (excluding diaryl/α,β-unsaturated/α-hetero) is 1. The van der Waals surface area contributed by atoms with Crippen molar-refractivity contribution < 1.29 is 19.1 Å². The first-order valence-electron chi connectivity index (χ1n) is 8.73. The van der Waals surface area contributed by atoms with E-state index < -0.39 is 5.97 Å². The summed E-state index contributed by atoms with van der Waals surface area (Å²) in [6.45, 7) is 10.6. The van der Waals surface area contributed by atoms with Crippen LogP contribution in [0.5, 0.6) is 0 Å². The molecule has 0 aliphatic rings. The maximum Gasteiger partial charge on any atom is 0.339 e. The Balaban J connectivity index is 2.27. The summed E-state index contributed by atoms with van der Waals surface area (Å²) in [5.74, 6) is -0.519. The molecule has 0 amide bonds. The smallest absolute Gasteiger partial charge is 0.339 e. The summed E-state index contributed by atoms with van der Waals surface area (Å²) in [5.41, 5.74) is 4.12. The van der Waals surface area contributed by atoms with Crippen molar-refractivity contribution in [3.8, 4) is 0 Å². The van der Waals surface area contributed by atoms with Gasteiger partial charge in [0.25, 0.3) is 0 Å². The van der Waals surface area contributed by atoms with Crippen LogP contribution >= 0.6 is 11.8 Å². The van der Waals surface area contributed by atoms with Gasteiger partial charge in [-0.25, -0.2) is 9.78 Å². The van der Waals surface area contributed by atoms with E-state index in [-0.39, 0.29) is 11.0 Å². The highest BCUT2D eigenvalue weighted by Gasteiger charge is 2.27. The van der Waals surface area contributed by atoms with Crippen molar-refractivity contribution in [3.63, 3.8) is 0 Å². The van der Waals surface area contributed by atoms with Crippen LogP contribution in [0.3, 0.4) is 0 Å². The Morgan fingerprint density at radius 3 is 2.48 bits per heavy atom. The molecule has 27 heavy (non-hydrogen) atoms. The van der Waals surface area contributed by atoms with Gasteiger partial charge in [-0.05, 0) is 40.2 Å². The number of carbonyl (C=O) groups excluding carboxylic acids is 2. The molecule has 0 bridgehead atoms. The highest BCUT2D eigenvalue weighted by molar-refractivity contribution is 8.00. The summed E-state index contributed by atoms with van der Waals surface area (Å²) in [5, 5.41) is 0.423. The number of aromatic amines is 1. The second-order valence-electron chi connectivity index (χ2n) is 6.45. The van der Waals surface area contributed by atoms with Crippen molar-refractivity contribution in [2.24, 2.45) is 0 Å². The third-order valence-electron chi connectivity index (χ3n) is 4.67. The van der Waals surface area contributed by atoms with Crippen molar-refractivity contribution >= 4 is 23.5 Å². The molecule has 2 heterocycles. The first-order valence-corrected chi connectivity index (χ1v) is 9.61. The second kappa shape index (κ2) is 8.75. The summed E-state index contributed by atoms with van der Waals surface area (Å²) in [7, 11) is 2.99. The molecule has 2 aromatic heterocycles. The standard InChI is InChI=1S/C19H27N3O4S/c1-10-15(18(24)26-7)12(3)20-16(10)17(23)14(5)27-19-21-11(2)13(4)22(19)8-9-25-6/h14,20H,8-9H2,1-7H3. The molecule has 0 radical (unpaired) electrons. The number of thioether (sulfide) groups is 1. The van der Waals surface area contributed by atoms with E-state index in [1.165, 1.54) is 18.9 Å². The average Bonchev–Trinajstić information content (AvgIpc) is 3.07. The molecular formula is C19H27N3O4S. The number of ether oxygens (including phenoxy) is 2. The molecule has 8 heteroatoms. The summed E-state index contributed by atoms with van der Waals surface area (Å²) < 4.78 is 12.1. The molecule has 2 aromatic rings. The number of methoxy groups -OCH3 is 2. The van der Waals surface area contributed by atoms with Crippen LogP contribution in [0.4, 0.5) is 0 Å². The van der Waals surface area contributed by atoms with Gasteiger partial charge in [-0.3, -0.25) is 4.79 Å². The van der Waals surface area contributed by atoms with Gasteiger partial charge in [-0.15, -0.1) is 0 Å². The molecule has 0 aliphatic carbocycles. The fraction of sp³-hybridized carbons (Fsp3) is 0.526. The number of aryl methyl sites for hydroxylation is 2. The van der Waals surface area contributed by atoms with E-state index in [1.807, 2.05) is 20.8 Å². The topological polar surface area (TPSA) is 86.2 Å². The summed E-state index contributed by atoms with van der Waals surface area (Å²) in [4.78, 5) is 32.6. The molecule has 0 saturated carbocycles. The minimum Gasteiger partial charge on any atom is -0.465 e. The minimum absolute atomic E-state index is 0.0765. The van der Waals surface area contributed by atoms with E-state index >= 15 is 0 Å². The average molecular weight is 394 g/mol. The van der Waals surface area contributed by atoms with Gasteiger partial charge in [-0.1, -0.05) is 11.8 Å². The third-order valence-corrected chi connectivity index (χ3v) is 5.76. The van der Waals surface area contributed by atoms with Crippen LogP contribution in [0.25, 0.3) is 0 Å². The molecule has 148 valence electrons. The van der Waals surface area contributed by atoms with E-state index in [1.54, 1.807) is 21.0 Å². The molecule has 2 rings (SSSR count). The Labute approximate surface area is 163 Å². The number of imidazole rings is 1. The van der Waals surface area contributed by atoms with Gasteiger partial charge in [0, 0.05) is 25.0 Å². The van der Waals surface area contributed by atoms with Crippen molar-refractivity contribution in [1.82, 2.24) is 14.5 Å². The summed E-state index contributed by atoms with van der Waals surface area (Å²) in [6.07, 6.45) is 0. The lowest BCUT2D eigenvalue weighted by molar-refractivity contribution is 0.0599. The fourth-order valence-corrected chi connectivity index (χ4v) is 4.07. The molecular weight excluding hydrogens is 366 g/mol. The Morgan fingerprint density at radius 1 is 1.22 bits per heavy atom. The Bertz CT molecular complexity index is 854. The minimum atomic E-state index is -0.443. The van der Waals surface area contributed by atoms with E-state index in [0.29, 0.717) is 35.7 Å². The normalized spacial score (nSPS) is 12.3. The largest absolute Gasteiger partial charge is 0.465 e. The van der Waals surface area contributed by atoms with Gasteiger partial charge >= 0.3 is 5.97 Å². The van der Waals surface area contributed by atoms with Crippen LogP contribution in [-0.2, 0) is 16.0 Å². The molecule has 1 unspecified atom stereocenters. The highest BCUT2D eigenvalue weighted by Crippen LogP contribution is 2.29. The first kappa shape index (κ1) is 21.2. The van der Waals surface area contributed by atoms with Crippen molar-refractivity contribution in [3.05, 3.63) is 33.9 Å². The van der Waals surface area contributed by atoms with E-state index in [0.717, 1.165) is 16.5 Å². The van der Waals surface area contributed by atoms with E-state index in [9.17, 15) is 9.59 Å². The van der Waals surface area contributed by atoms with Gasteiger partial charge in [0.1, 0.15) is 0 Å². The van der Waals surface area contributed by atoms with E-state index in [2.05, 4.69) is 14.5 Å². The Morgan fingerprint density at radius 2 is 1.89 bits per heavy atom. The zero-order valence-corrected chi connectivity index (χ0v) is 17.7. The van der Waals surface area contributed by atoms with Crippen LogP contribution in [0.1, 0.15) is 50.4 Å². The number of carbonyl (C=O) groups is 2. The van der Waals surface area contributed by atoms with Crippen LogP contribution in [0.2, 0.25) is 0 Å². The monoisotopic (exact) mass is 393 g/mol. The van der Waals surface area contributed by atoms with Crippen LogP contribution < -0.4 is 0 Å². The van der Waals surface area contributed by atoms with Crippen molar-refractivity contribution in [1.29, 1.82) is 0 Å². The predicted molar refractivity (Wildman–Crippen MR) is 105 cm³/mol. The van der Waals surface area contributed by atoms with Gasteiger partial charge in [0.15, 0.2) is 10.9 Å². The number of rotatable bonds is 8. The maximum absolute atomic E-state index is 13.0. The van der Waals surface area contributed by atoms with E-state index in [4.69, 9.17) is 9.47 Å². The fourth-order valence-electron chi connectivity index (χ4n) is 2.98. The number of hydrogen-bond acceptors (Lipinski definition) is 6. The third kappa shape index (κ3) is 4.27. The van der Waals surface area contributed by atoms with Gasteiger partial charge in [0.2, 0.25) is 0 Å². The van der Waals surface area contributed by atoms with Gasteiger partial charge < -0.3 is 19.0 Å². The zero-order chi connectivity index (χ0) is 20.3. The molecule has 1 N–H and O–H groups in total. The van der Waals surface area contributed by atoms with Crippen molar-refractivity contribution in [2.45, 2.75) is 51.6 Å². The number of aromatic nitrogens is 3. The quantitative estimate of drug-likeness (QED) is 0.421. The van der Waals surface area contributed by atoms with Crippen molar-refractivity contribution in [2.75, 3.05) is 20.8 Å². The molecule has 0 aliphatic heterocycles. The molecule has 0 fully saturated rings. The Kier molecular flexibility index (Phi) is 6.89. The first-order chi connectivity index (χ1) is 12.7. The molecule has 0 saturated heterocycles. The Hall–Kier alpha value is -2.06. The number of hydrogen-bond donors (Lipinski definition) is 1. The maximum atomic E-state index is 13.0. The number of nitrogens with zero attached hydrogens (tertiary/aromatic N) is 2. The molecule has 0 aromatic carbocycles. The van der Waals surface area contributed by atoms with Crippen LogP contribution in [0, 0.1) is 27.7 Å². The van der Waals surface area contributed by atoms with Gasteiger partial charge in [0.05, 0.1) is 35.9 Å². The van der Waals surface area contributed by atoms with Crippen LogP contribution in [-0.4, -0.2) is 52.4 Å². The molecule has 1 atom stereocenters. The van der Waals surface area contributed by atoms with Gasteiger partial charge in [-0.2, -0.15) is 0 Å². The highest BCUT2D eigenvalue weighted by atomic mass is 32.2. The lowest BCUT2D eigenvalue weighted by Gasteiger charge is -2.13. The number of esters is 1. The zero-order valence-electron chi connectivity index (χ0n) is 16.9. The molecule has 0 spiro atoms. The second-order valence-corrected chi connectivity index (χ2v) is 7.76. The SMILES string of the molecule is COCCn1c(SC(C)C(=O)c2[nH]c(C)c(C(=O)OC)c2C)nc(C)c1C. The molecule has 7 nitrogen and oxygen atoms in total. The summed E-state index contributed by atoms with van der Waals surface area (Å²) in [6, 6.07) is 0. The summed E-state index contributed by atoms with van der Waals surface area (Å²) >= 11 is 1.41. The predicted octanol–water partition coefficient (Wildman–Crippen LogP) is 3.24. The lowest BCUT2D eigenvalue weighted by atomic mass is 10.1. The number of ketones is 1.